The van der Waals surface area contributed by atoms with E-state index in [4.69, 9.17) is 0 Å². The molecule has 4 rings (SSSR count). The number of aromatic nitrogens is 5. The number of fused-ring (bicyclic) bond motifs is 1. The van der Waals surface area contributed by atoms with Gasteiger partial charge in [-0.25, -0.2) is 9.67 Å². The number of carbonyl (C=O) groups excluding carboxylic acids is 1. The van der Waals surface area contributed by atoms with E-state index in [9.17, 15) is 9.90 Å². The first-order valence-corrected chi connectivity index (χ1v) is 9.30. The average Bonchev–Trinajstić information content (AvgIpc) is 3.42. The van der Waals surface area contributed by atoms with Gasteiger partial charge in [-0.15, -0.1) is 16.4 Å². The SMILES string of the molecule is CCc1sc2cncn2c1C(O)c1cn(-c2ccc(C(=O)NC)cc2)nn1. The molecule has 0 spiro atoms. The third kappa shape index (κ3) is 3.00. The molecule has 0 bridgehead atoms. The van der Waals surface area contributed by atoms with Gasteiger partial charge in [0.05, 0.1) is 23.8 Å². The van der Waals surface area contributed by atoms with Crippen molar-refractivity contribution < 1.29 is 9.90 Å². The van der Waals surface area contributed by atoms with E-state index in [1.54, 1.807) is 66.1 Å². The topological polar surface area (TPSA) is 97.3 Å². The highest BCUT2D eigenvalue weighted by Crippen LogP contribution is 2.31. The summed E-state index contributed by atoms with van der Waals surface area (Å²) in [6, 6.07) is 7.00. The Kier molecular flexibility index (Phi) is 4.46. The Labute approximate surface area is 159 Å². The van der Waals surface area contributed by atoms with Gasteiger partial charge in [0.15, 0.2) is 0 Å². The van der Waals surface area contributed by atoms with Gasteiger partial charge in [0.2, 0.25) is 0 Å². The van der Waals surface area contributed by atoms with Gasteiger partial charge >= 0.3 is 0 Å². The molecule has 27 heavy (non-hydrogen) atoms. The molecule has 0 aliphatic carbocycles. The maximum absolute atomic E-state index is 11.6. The monoisotopic (exact) mass is 382 g/mol. The Balaban J connectivity index is 1.65. The van der Waals surface area contributed by atoms with Crippen LogP contribution in [0.5, 0.6) is 0 Å². The second-order valence-corrected chi connectivity index (χ2v) is 7.10. The molecule has 4 aromatic rings. The van der Waals surface area contributed by atoms with E-state index in [0.717, 1.165) is 27.5 Å². The standard InChI is InChI=1S/C18H18N6O2S/c1-3-14-16(23-10-20-8-15(23)27-14)17(25)13-9-24(22-21-13)12-6-4-11(5-7-12)18(26)19-2/h4-10,17,25H,3H2,1-2H3,(H,19,26). The van der Waals surface area contributed by atoms with Gasteiger partial charge in [-0.1, -0.05) is 12.1 Å². The molecule has 1 amide bonds. The van der Waals surface area contributed by atoms with Crippen molar-refractivity contribution in [2.45, 2.75) is 19.4 Å². The average molecular weight is 382 g/mol. The molecule has 3 heterocycles. The smallest absolute Gasteiger partial charge is 0.251 e. The molecule has 9 heteroatoms. The first-order valence-electron chi connectivity index (χ1n) is 8.48. The Bertz CT molecular complexity index is 1090. The van der Waals surface area contributed by atoms with Crippen LogP contribution in [-0.4, -0.2) is 42.4 Å². The first-order chi connectivity index (χ1) is 13.1. The first kappa shape index (κ1) is 17.4. The van der Waals surface area contributed by atoms with Crippen LogP contribution in [0.25, 0.3) is 10.5 Å². The molecular formula is C18H18N6O2S. The number of aryl methyl sites for hydroxylation is 1. The molecule has 0 aliphatic rings. The second kappa shape index (κ2) is 6.93. The van der Waals surface area contributed by atoms with E-state index >= 15 is 0 Å². The minimum absolute atomic E-state index is 0.148. The number of aliphatic hydroxyl groups excluding tert-OH is 1. The molecule has 0 saturated heterocycles. The van der Waals surface area contributed by atoms with E-state index in [2.05, 4.69) is 27.5 Å². The fraction of sp³-hybridized carbons (Fsp3) is 0.222. The van der Waals surface area contributed by atoms with Gasteiger partial charge in [0.1, 0.15) is 23.0 Å². The lowest BCUT2D eigenvalue weighted by Gasteiger charge is -2.08. The number of aliphatic hydroxyl groups is 1. The van der Waals surface area contributed by atoms with Crippen molar-refractivity contribution in [3.05, 3.63) is 64.8 Å². The summed E-state index contributed by atoms with van der Waals surface area (Å²) in [5.74, 6) is -0.148. The van der Waals surface area contributed by atoms with Gasteiger partial charge in [-0.05, 0) is 30.7 Å². The van der Waals surface area contributed by atoms with Crippen LogP contribution < -0.4 is 5.32 Å². The Morgan fingerprint density at radius 3 is 2.81 bits per heavy atom. The summed E-state index contributed by atoms with van der Waals surface area (Å²) >= 11 is 1.61. The zero-order valence-electron chi connectivity index (χ0n) is 14.8. The third-order valence-electron chi connectivity index (χ3n) is 4.37. The molecule has 8 nitrogen and oxygen atoms in total. The second-order valence-electron chi connectivity index (χ2n) is 5.98. The quantitative estimate of drug-likeness (QED) is 0.550. The highest BCUT2D eigenvalue weighted by Gasteiger charge is 2.23. The molecule has 1 atom stereocenters. The zero-order valence-corrected chi connectivity index (χ0v) is 15.6. The number of amides is 1. The van der Waals surface area contributed by atoms with Crippen LogP contribution in [0.15, 0.2) is 43.0 Å². The van der Waals surface area contributed by atoms with Crippen LogP contribution in [0.2, 0.25) is 0 Å². The van der Waals surface area contributed by atoms with Crippen molar-refractivity contribution in [2.75, 3.05) is 7.05 Å². The highest BCUT2D eigenvalue weighted by atomic mass is 32.1. The lowest BCUT2D eigenvalue weighted by atomic mass is 10.1. The Morgan fingerprint density at radius 1 is 1.33 bits per heavy atom. The maximum atomic E-state index is 11.6. The van der Waals surface area contributed by atoms with Gasteiger partial charge in [-0.2, -0.15) is 0 Å². The maximum Gasteiger partial charge on any atom is 0.251 e. The fourth-order valence-electron chi connectivity index (χ4n) is 2.97. The Morgan fingerprint density at radius 2 is 2.11 bits per heavy atom. The largest absolute Gasteiger partial charge is 0.380 e. The van der Waals surface area contributed by atoms with Crippen LogP contribution in [0.3, 0.4) is 0 Å². The van der Waals surface area contributed by atoms with Crippen molar-refractivity contribution in [3.63, 3.8) is 0 Å². The van der Waals surface area contributed by atoms with E-state index in [0.29, 0.717) is 11.3 Å². The van der Waals surface area contributed by atoms with Crippen LogP contribution in [0, 0.1) is 0 Å². The molecule has 0 aliphatic heterocycles. The van der Waals surface area contributed by atoms with Crippen molar-refractivity contribution in [1.29, 1.82) is 0 Å². The fourth-order valence-corrected chi connectivity index (χ4v) is 4.04. The van der Waals surface area contributed by atoms with Gasteiger partial charge < -0.3 is 10.4 Å². The molecule has 1 unspecified atom stereocenters. The Hall–Kier alpha value is -3.04. The molecule has 0 radical (unpaired) electrons. The number of benzene rings is 1. The van der Waals surface area contributed by atoms with Crippen LogP contribution in [0.1, 0.15) is 39.7 Å². The van der Waals surface area contributed by atoms with Crippen LogP contribution >= 0.6 is 11.3 Å². The molecule has 1 aromatic carbocycles. The van der Waals surface area contributed by atoms with E-state index in [1.807, 2.05) is 4.40 Å². The van der Waals surface area contributed by atoms with Crippen molar-refractivity contribution >= 4 is 22.1 Å². The number of imidazole rings is 1. The predicted octanol–water partition coefficient (Wildman–Crippen LogP) is 1.98. The van der Waals surface area contributed by atoms with Gasteiger partial charge in [0, 0.05) is 17.5 Å². The summed E-state index contributed by atoms with van der Waals surface area (Å²) in [6.45, 7) is 2.06. The minimum Gasteiger partial charge on any atom is -0.380 e. The molecule has 2 N–H and O–H groups in total. The normalized spacial score (nSPS) is 12.4. The number of rotatable bonds is 5. The lowest BCUT2D eigenvalue weighted by Crippen LogP contribution is -2.17. The van der Waals surface area contributed by atoms with E-state index < -0.39 is 6.10 Å². The number of thiazole rings is 1. The lowest BCUT2D eigenvalue weighted by molar-refractivity contribution is 0.0963. The van der Waals surface area contributed by atoms with Crippen molar-refractivity contribution in [3.8, 4) is 5.69 Å². The molecule has 0 saturated carbocycles. The van der Waals surface area contributed by atoms with Crippen LogP contribution in [0.4, 0.5) is 0 Å². The number of carbonyl (C=O) groups is 1. The zero-order chi connectivity index (χ0) is 19.0. The van der Waals surface area contributed by atoms with Crippen LogP contribution in [-0.2, 0) is 6.42 Å². The van der Waals surface area contributed by atoms with Crippen molar-refractivity contribution in [1.82, 2.24) is 29.7 Å². The minimum atomic E-state index is -0.901. The number of nitrogens with one attached hydrogen (secondary N) is 1. The number of hydrogen-bond acceptors (Lipinski definition) is 6. The van der Waals surface area contributed by atoms with E-state index in [-0.39, 0.29) is 5.91 Å². The summed E-state index contributed by atoms with van der Waals surface area (Å²) in [4.78, 5) is 17.9. The third-order valence-corrected chi connectivity index (χ3v) is 5.63. The summed E-state index contributed by atoms with van der Waals surface area (Å²) < 4.78 is 3.47. The molecule has 0 fully saturated rings. The molecule has 138 valence electrons. The summed E-state index contributed by atoms with van der Waals surface area (Å²) in [7, 11) is 1.59. The summed E-state index contributed by atoms with van der Waals surface area (Å²) in [5, 5.41) is 21.8. The summed E-state index contributed by atoms with van der Waals surface area (Å²) in [5.41, 5.74) is 2.54. The molecule has 3 aromatic heterocycles. The highest BCUT2D eigenvalue weighted by molar-refractivity contribution is 7.17. The number of hydrogen-bond donors (Lipinski definition) is 2. The van der Waals surface area contributed by atoms with E-state index in [1.165, 1.54) is 0 Å². The van der Waals surface area contributed by atoms with Gasteiger partial charge in [0.25, 0.3) is 5.91 Å². The molecular weight excluding hydrogens is 364 g/mol. The summed E-state index contributed by atoms with van der Waals surface area (Å²) in [6.07, 6.45) is 5.09. The predicted molar refractivity (Wildman–Crippen MR) is 101 cm³/mol. The number of nitrogens with zero attached hydrogens (tertiary/aromatic N) is 5. The van der Waals surface area contributed by atoms with Gasteiger partial charge in [-0.3, -0.25) is 9.20 Å². The van der Waals surface area contributed by atoms with Crippen molar-refractivity contribution in [2.24, 2.45) is 0 Å².